The fourth-order valence-electron chi connectivity index (χ4n) is 7.50. The highest BCUT2D eigenvalue weighted by Gasteiger charge is 2.32. The summed E-state index contributed by atoms with van der Waals surface area (Å²) in [6, 6.07) is 26.0. The molecule has 0 saturated heterocycles. The van der Waals surface area contributed by atoms with Crippen LogP contribution in [0.25, 0.3) is 34.2 Å². The van der Waals surface area contributed by atoms with Gasteiger partial charge in [0.15, 0.2) is 11.9 Å². The average Bonchev–Trinajstić information content (AvgIpc) is 3.71. The van der Waals surface area contributed by atoms with Crippen LogP contribution in [-0.4, -0.2) is 51.4 Å². The van der Waals surface area contributed by atoms with Gasteiger partial charge in [-0.15, -0.1) is 5.10 Å². The molecule has 0 fully saturated rings. The van der Waals surface area contributed by atoms with Crippen molar-refractivity contribution in [1.82, 2.24) is 29.3 Å². The Kier molecular flexibility index (Phi) is 17.2. The van der Waals surface area contributed by atoms with Gasteiger partial charge in [-0.2, -0.15) is 0 Å². The van der Waals surface area contributed by atoms with Crippen LogP contribution in [-0.2, 0) is 19.6 Å². The van der Waals surface area contributed by atoms with Crippen molar-refractivity contribution in [2.24, 2.45) is 0 Å². The maximum absolute atomic E-state index is 15.0. The number of carbonyl (C=O) groups excluding carboxylic acids is 2. The number of ether oxygens (including phenoxy) is 1. The van der Waals surface area contributed by atoms with E-state index < -0.39 is 33.4 Å². The first-order chi connectivity index (χ1) is 30.7. The number of anilines is 1. The Morgan fingerprint density at radius 1 is 0.746 bits per heavy atom. The zero-order valence-electron chi connectivity index (χ0n) is 36.4. The monoisotopic (exact) mass is 873 g/mol. The quantitative estimate of drug-likeness (QED) is 0.0532. The summed E-state index contributed by atoms with van der Waals surface area (Å²) in [5, 5.41) is 12.0. The number of para-hydroxylation sites is 2. The van der Waals surface area contributed by atoms with Gasteiger partial charge in [-0.05, 0) is 60.5 Å². The van der Waals surface area contributed by atoms with Crippen molar-refractivity contribution in [3.8, 4) is 5.75 Å². The molecule has 2 aromatic heterocycles. The first-order valence-electron chi connectivity index (χ1n) is 22.4. The van der Waals surface area contributed by atoms with E-state index in [0.717, 1.165) is 31.2 Å². The molecule has 0 bridgehead atoms. The molecule has 63 heavy (non-hydrogen) atoms. The summed E-state index contributed by atoms with van der Waals surface area (Å²) in [7, 11) is -4.31. The second-order valence-corrected chi connectivity index (χ2v) is 17.5. The van der Waals surface area contributed by atoms with E-state index in [9.17, 15) is 18.0 Å². The van der Waals surface area contributed by atoms with E-state index in [1.165, 1.54) is 91.7 Å². The molecule has 0 spiro atoms. The van der Waals surface area contributed by atoms with Crippen LogP contribution in [0.3, 0.4) is 0 Å². The number of fused-ring (bicyclic) bond motifs is 2. The average molecular weight is 874 g/mol. The fraction of sp³-hybridized carbons (Fsp3) is 0.388. The van der Waals surface area contributed by atoms with Crippen molar-refractivity contribution in [3.05, 3.63) is 119 Å². The minimum atomic E-state index is -4.31. The zero-order valence-corrected chi connectivity index (χ0v) is 37.2. The van der Waals surface area contributed by atoms with E-state index in [1.54, 1.807) is 67.7 Å². The molecule has 2 heterocycles. The van der Waals surface area contributed by atoms with Crippen LogP contribution < -0.4 is 20.3 Å². The van der Waals surface area contributed by atoms with E-state index in [4.69, 9.17) is 9.72 Å². The number of nitrogens with zero attached hydrogens (tertiary/aromatic N) is 5. The molecule has 6 rings (SSSR count). The van der Waals surface area contributed by atoms with E-state index in [1.807, 2.05) is 30.3 Å². The third-order valence-corrected chi connectivity index (χ3v) is 12.4. The van der Waals surface area contributed by atoms with Gasteiger partial charge in [0.1, 0.15) is 11.3 Å². The van der Waals surface area contributed by atoms with Crippen molar-refractivity contribution in [2.75, 3.05) is 11.9 Å². The van der Waals surface area contributed by atoms with Crippen molar-refractivity contribution in [2.45, 2.75) is 121 Å². The normalized spacial score (nSPS) is 12.2. The number of sulfonamides is 1. The Hall–Kier alpha value is -6.15. The minimum Gasteiger partial charge on any atom is -0.491 e. The van der Waals surface area contributed by atoms with Gasteiger partial charge in [0.2, 0.25) is 5.91 Å². The van der Waals surface area contributed by atoms with Crippen LogP contribution in [0, 0.1) is 0 Å². The Labute approximate surface area is 370 Å². The lowest BCUT2D eigenvalue weighted by atomic mass is 10.0. The zero-order chi connectivity index (χ0) is 44.4. The third-order valence-electron chi connectivity index (χ3n) is 11.0. The predicted octanol–water partition coefficient (Wildman–Crippen LogP) is 10.1. The van der Waals surface area contributed by atoms with Crippen molar-refractivity contribution in [3.63, 3.8) is 0 Å². The van der Waals surface area contributed by atoms with Gasteiger partial charge in [-0.3, -0.25) is 19.0 Å². The number of benzene rings is 4. The summed E-state index contributed by atoms with van der Waals surface area (Å²) >= 11 is 0. The maximum atomic E-state index is 15.0. The van der Waals surface area contributed by atoms with Gasteiger partial charge >= 0.3 is 0 Å². The molecule has 0 aliphatic carbocycles. The summed E-state index contributed by atoms with van der Waals surface area (Å²) in [5.74, 6) is -1.12. The highest BCUT2D eigenvalue weighted by Crippen LogP contribution is 2.31. The highest BCUT2D eigenvalue weighted by molar-refractivity contribution is 7.90. The molecule has 13 nitrogen and oxygen atoms in total. The van der Waals surface area contributed by atoms with Gasteiger partial charge in [0.25, 0.3) is 21.5 Å². The molecule has 4 aromatic carbocycles. The van der Waals surface area contributed by atoms with E-state index >= 15 is 4.79 Å². The lowest BCUT2D eigenvalue weighted by Gasteiger charge is -2.21. The number of hydrogen-bond donors (Lipinski definition) is 2. The van der Waals surface area contributed by atoms with Crippen molar-refractivity contribution >= 4 is 61.7 Å². The molecule has 0 radical (unpaired) electrons. The molecule has 1 unspecified atom stereocenters. The van der Waals surface area contributed by atoms with Gasteiger partial charge in [0.05, 0.1) is 33.6 Å². The van der Waals surface area contributed by atoms with E-state index in [-0.39, 0.29) is 28.6 Å². The van der Waals surface area contributed by atoms with Crippen LogP contribution >= 0.6 is 0 Å². The maximum Gasteiger partial charge on any atom is 0.265 e. The molecule has 0 aliphatic heterocycles. The van der Waals surface area contributed by atoms with E-state index in [0.29, 0.717) is 28.5 Å². The standard InChI is InChI=1S/C49H59N7O6S/c1-3-5-6-7-8-9-10-11-12-13-14-15-16-24-35-62-44-32-31-38(63(60,61)53-45(57)4-2)36-42(44)51-48(58)46(56-43-30-23-22-29-41(43)52-54-56)47-50-40-28-21-20-27-39(40)49(59)55(47)34-33-37-25-18-17-19-26-37/h17-23,25-34,36,46H,3-16,24,35H2,1-2H3,(H,51,58)(H,53,57)/b34-33+. The second-order valence-electron chi connectivity index (χ2n) is 15.8. The lowest BCUT2D eigenvalue weighted by Crippen LogP contribution is -2.34. The van der Waals surface area contributed by atoms with Crippen LogP contribution in [0.15, 0.2) is 107 Å². The molecule has 2 amide bonds. The van der Waals surface area contributed by atoms with Gasteiger partial charge in [-0.1, -0.05) is 157 Å². The first-order valence-corrected chi connectivity index (χ1v) is 23.9. The molecule has 2 N–H and O–H groups in total. The highest BCUT2D eigenvalue weighted by atomic mass is 32.2. The lowest BCUT2D eigenvalue weighted by molar-refractivity contribution is -0.119. The molecule has 14 heteroatoms. The number of rotatable bonds is 25. The second kappa shape index (κ2) is 23.3. The first kappa shape index (κ1) is 46.4. The van der Waals surface area contributed by atoms with Gasteiger partial charge in [-0.25, -0.2) is 22.8 Å². The summed E-state index contributed by atoms with van der Waals surface area (Å²) in [4.78, 5) is 46.2. The topological polar surface area (TPSA) is 167 Å². The Bertz CT molecular complexity index is 2640. The Morgan fingerprint density at radius 2 is 1.37 bits per heavy atom. The van der Waals surface area contributed by atoms with E-state index in [2.05, 4.69) is 27.3 Å². The SMILES string of the molecule is CCCCCCCCCCCCCCCCOc1ccc(S(=O)(=O)NC(=O)CC)cc1NC(=O)C(c1nc2ccccc2c(=O)n1/C=C/c1ccccc1)n1nnc2ccccc21. The molecule has 0 aliphatic rings. The van der Waals surface area contributed by atoms with Gasteiger partial charge < -0.3 is 10.1 Å². The largest absolute Gasteiger partial charge is 0.491 e. The summed E-state index contributed by atoms with van der Waals surface area (Å²) in [6.45, 7) is 4.12. The van der Waals surface area contributed by atoms with Crippen molar-refractivity contribution < 1.29 is 22.7 Å². The summed E-state index contributed by atoms with van der Waals surface area (Å²) in [5.41, 5.74) is 1.79. The number of aromatic nitrogens is 5. The number of amides is 2. The summed E-state index contributed by atoms with van der Waals surface area (Å²) < 4.78 is 37.8. The van der Waals surface area contributed by atoms with Crippen LogP contribution in [0.1, 0.15) is 128 Å². The van der Waals surface area contributed by atoms with Crippen LogP contribution in [0.4, 0.5) is 5.69 Å². The number of carbonyl (C=O) groups is 2. The predicted molar refractivity (Wildman–Crippen MR) is 250 cm³/mol. The molecule has 1 atom stereocenters. The molecule has 332 valence electrons. The van der Waals surface area contributed by atoms with Crippen LogP contribution in [0.5, 0.6) is 5.75 Å². The minimum absolute atomic E-state index is 0.0305. The number of unbranched alkanes of at least 4 members (excludes halogenated alkanes) is 13. The number of nitrogens with one attached hydrogen (secondary N) is 2. The number of hydrogen-bond acceptors (Lipinski definition) is 9. The molecule has 0 saturated carbocycles. The fourth-order valence-corrected chi connectivity index (χ4v) is 8.58. The molecular formula is C49H59N7O6S. The Morgan fingerprint density at radius 3 is 2.05 bits per heavy atom. The van der Waals surface area contributed by atoms with Gasteiger partial charge in [0, 0.05) is 12.6 Å². The smallest absolute Gasteiger partial charge is 0.265 e. The third kappa shape index (κ3) is 12.7. The Balaban J connectivity index is 1.27. The molecule has 6 aromatic rings. The molecular weight excluding hydrogens is 815 g/mol. The van der Waals surface area contributed by atoms with Crippen molar-refractivity contribution in [1.29, 1.82) is 0 Å². The van der Waals surface area contributed by atoms with Crippen LogP contribution in [0.2, 0.25) is 0 Å². The summed E-state index contributed by atoms with van der Waals surface area (Å²) in [6.07, 6.45) is 20.3.